The van der Waals surface area contributed by atoms with Gasteiger partial charge < -0.3 is 0 Å². The number of pyridine rings is 1. The lowest BCUT2D eigenvalue weighted by Gasteiger charge is -2.07. The zero-order chi connectivity index (χ0) is 20.3. The fraction of sp³-hybridized carbons (Fsp3) is 0.815. The molecule has 0 aliphatic carbocycles. The maximum Gasteiger partial charge on any atom is 0.171 e. The molecule has 0 spiro atoms. The summed E-state index contributed by atoms with van der Waals surface area (Å²) in [6.07, 6.45) is 29.6. The first kappa shape index (κ1) is 25.2. The average molecular weight is 389 g/mol. The van der Waals surface area contributed by atoms with Crippen LogP contribution >= 0.6 is 0 Å². The molecule has 0 bridgehead atoms. The van der Waals surface area contributed by atoms with Crippen molar-refractivity contribution in [1.29, 1.82) is 0 Å². The monoisotopic (exact) mass is 388 g/mol. The van der Waals surface area contributed by atoms with Crippen LogP contribution in [0.3, 0.4) is 0 Å². The van der Waals surface area contributed by atoms with E-state index in [9.17, 15) is 0 Å². The molecule has 0 aliphatic rings. The predicted molar refractivity (Wildman–Crippen MR) is 125 cm³/mol. The van der Waals surface area contributed by atoms with E-state index in [1.54, 1.807) is 11.1 Å². The molecule has 0 saturated carbocycles. The molecule has 1 rings (SSSR count). The van der Waals surface area contributed by atoms with Crippen LogP contribution in [0, 0.1) is 0 Å². The summed E-state index contributed by atoms with van der Waals surface area (Å²) in [6.45, 7) is 8.11. The Labute approximate surface area is 177 Å². The highest BCUT2D eigenvalue weighted by atomic mass is 14.9. The summed E-state index contributed by atoms with van der Waals surface area (Å²) < 4.78 is 2.52. The van der Waals surface area contributed by atoms with Crippen LogP contribution in [0.4, 0.5) is 0 Å². The Morgan fingerprint density at radius 2 is 0.893 bits per heavy atom. The Hall–Kier alpha value is -0.850. The first-order valence-corrected chi connectivity index (χ1v) is 12.8. The molecule has 0 aromatic carbocycles. The summed E-state index contributed by atoms with van der Waals surface area (Å²) in [5.74, 6) is 0. The maximum absolute atomic E-state index is 2.52. The number of hydrogen-bond acceptors (Lipinski definition) is 0. The van der Waals surface area contributed by atoms with Gasteiger partial charge in [0.25, 0.3) is 0 Å². The first-order chi connectivity index (χ1) is 13.8. The summed E-state index contributed by atoms with van der Waals surface area (Å²) in [6, 6.07) is 2.50. The summed E-state index contributed by atoms with van der Waals surface area (Å²) in [5.41, 5.74) is 3.15. The summed E-state index contributed by atoms with van der Waals surface area (Å²) >= 11 is 0. The van der Waals surface area contributed by atoms with Crippen molar-refractivity contribution in [2.45, 2.75) is 143 Å². The lowest BCUT2D eigenvalue weighted by Crippen LogP contribution is -2.34. The number of aryl methyl sites for hydroxylation is 3. The van der Waals surface area contributed by atoms with Gasteiger partial charge in [0.2, 0.25) is 0 Å². The molecule has 0 amide bonds. The number of rotatable bonds is 19. The molecule has 0 N–H and O–H groups in total. The largest absolute Gasteiger partial charge is 0.205 e. The van der Waals surface area contributed by atoms with Crippen molar-refractivity contribution in [2.24, 2.45) is 0 Å². The van der Waals surface area contributed by atoms with Crippen LogP contribution < -0.4 is 4.57 Å². The van der Waals surface area contributed by atoms with Crippen molar-refractivity contribution in [1.82, 2.24) is 0 Å². The van der Waals surface area contributed by atoms with Crippen LogP contribution in [0.1, 0.15) is 135 Å². The molecule has 0 fully saturated rings. The summed E-state index contributed by atoms with van der Waals surface area (Å²) in [7, 11) is 0. The second-order valence-corrected chi connectivity index (χ2v) is 8.89. The highest BCUT2D eigenvalue weighted by molar-refractivity contribution is 5.15. The molecule has 1 nitrogen and oxygen atoms in total. The Morgan fingerprint density at radius 3 is 1.36 bits per heavy atom. The van der Waals surface area contributed by atoms with Gasteiger partial charge in [-0.3, -0.25) is 0 Å². The van der Waals surface area contributed by atoms with E-state index >= 15 is 0 Å². The Balaban J connectivity index is 2.44. The van der Waals surface area contributed by atoms with E-state index < -0.39 is 0 Å². The molecule has 0 radical (unpaired) electrons. The quantitative estimate of drug-likeness (QED) is 0.165. The molecule has 0 atom stereocenters. The minimum absolute atomic E-state index is 1.21. The summed E-state index contributed by atoms with van der Waals surface area (Å²) in [4.78, 5) is 0. The number of hydrogen-bond donors (Lipinski definition) is 0. The Morgan fingerprint density at radius 1 is 0.500 bits per heavy atom. The zero-order valence-corrected chi connectivity index (χ0v) is 19.6. The second-order valence-electron chi connectivity index (χ2n) is 8.89. The molecule has 28 heavy (non-hydrogen) atoms. The molecular weight excluding hydrogens is 338 g/mol. The number of unbranched alkanes of at least 4 members (excludes halogenated alkanes) is 13. The highest BCUT2D eigenvalue weighted by Crippen LogP contribution is 2.13. The Kier molecular flexibility index (Phi) is 16.4. The van der Waals surface area contributed by atoms with Crippen molar-refractivity contribution in [3.8, 4) is 0 Å². The van der Waals surface area contributed by atoms with Crippen LogP contribution in [0.5, 0.6) is 0 Å². The molecule has 1 aromatic rings. The Bertz CT molecular complexity index is 435. The first-order valence-electron chi connectivity index (χ1n) is 12.8. The minimum Gasteiger partial charge on any atom is -0.205 e. The third-order valence-corrected chi connectivity index (χ3v) is 5.94. The normalized spacial score (nSPS) is 11.2. The molecule has 1 aromatic heterocycles. The van der Waals surface area contributed by atoms with Gasteiger partial charge >= 0.3 is 0 Å². The number of aromatic nitrogens is 1. The van der Waals surface area contributed by atoms with Gasteiger partial charge in [-0.2, -0.15) is 0 Å². The van der Waals surface area contributed by atoms with Crippen molar-refractivity contribution in [3.63, 3.8) is 0 Å². The molecular formula is C27H50N+. The maximum atomic E-state index is 2.52. The third-order valence-electron chi connectivity index (χ3n) is 5.94. The van der Waals surface area contributed by atoms with Gasteiger partial charge in [0, 0.05) is 17.5 Å². The lowest BCUT2D eigenvalue weighted by atomic mass is 10.0. The van der Waals surface area contributed by atoms with Crippen molar-refractivity contribution in [3.05, 3.63) is 29.6 Å². The summed E-state index contributed by atoms with van der Waals surface area (Å²) in [5, 5.41) is 0. The van der Waals surface area contributed by atoms with Gasteiger partial charge in [-0.15, -0.1) is 0 Å². The molecule has 0 saturated heterocycles. The van der Waals surface area contributed by atoms with Crippen LogP contribution in [0.25, 0.3) is 0 Å². The van der Waals surface area contributed by atoms with Gasteiger partial charge in [-0.1, -0.05) is 97.8 Å². The van der Waals surface area contributed by atoms with E-state index in [1.807, 2.05) is 0 Å². The minimum atomic E-state index is 1.21. The van der Waals surface area contributed by atoms with Crippen LogP contribution in [0.15, 0.2) is 18.5 Å². The molecule has 1 heterocycles. The van der Waals surface area contributed by atoms with Gasteiger partial charge in [0.05, 0.1) is 0 Å². The third kappa shape index (κ3) is 13.3. The van der Waals surface area contributed by atoms with Gasteiger partial charge in [0.15, 0.2) is 12.4 Å². The predicted octanol–water partition coefficient (Wildman–Crippen LogP) is 8.36. The molecule has 1 heteroatoms. The second kappa shape index (κ2) is 18.2. The van der Waals surface area contributed by atoms with Crippen molar-refractivity contribution >= 4 is 0 Å². The van der Waals surface area contributed by atoms with E-state index in [0.29, 0.717) is 0 Å². The molecule has 0 aliphatic heterocycles. The molecule has 0 unspecified atom stereocenters. The van der Waals surface area contributed by atoms with Gasteiger partial charge in [-0.05, 0) is 38.2 Å². The van der Waals surface area contributed by atoms with E-state index in [4.69, 9.17) is 0 Å². The van der Waals surface area contributed by atoms with Crippen LogP contribution in [-0.2, 0) is 19.4 Å². The van der Waals surface area contributed by atoms with E-state index in [2.05, 4.69) is 43.8 Å². The van der Waals surface area contributed by atoms with Crippen molar-refractivity contribution in [2.75, 3.05) is 0 Å². The van der Waals surface area contributed by atoms with Crippen molar-refractivity contribution < 1.29 is 4.57 Å². The van der Waals surface area contributed by atoms with Crippen LogP contribution in [0.2, 0.25) is 0 Å². The van der Waals surface area contributed by atoms with E-state index in [-0.39, 0.29) is 0 Å². The van der Waals surface area contributed by atoms with Crippen LogP contribution in [-0.4, -0.2) is 0 Å². The topological polar surface area (TPSA) is 3.88 Å². The lowest BCUT2D eigenvalue weighted by molar-refractivity contribution is -0.698. The van der Waals surface area contributed by atoms with E-state index in [1.165, 1.54) is 122 Å². The number of nitrogens with zero attached hydrogens (tertiary/aromatic N) is 1. The van der Waals surface area contributed by atoms with Gasteiger partial charge in [0.1, 0.15) is 6.54 Å². The highest BCUT2D eigenvalue weighted by Gasteiger charge is 2.08. The SMILES string of the molecule is CCCCCCCCCC[n+]1cc(CCCCCC)cc(CCCCCC)c1. The smallest absolute Gasteiger partial charge is 0.171 e. The zero-order valence-electron chi connectivity index (χ0n) is 19.6. The standard InChI is InChI=1S/C27H50N/c1-4-7-10-13-14-15-16-19-22-28-24-26(20-17-11-8-5-2)23-27(25-28)21-18-12-9-6-3/h23-25H,4-22H2,1-3H3/q+1. The fourth-order valence-electron chi connectivity index (χ4n) is 4.12. The van der Waals surface area contributed by atoms with Gasteiger partial charge in [-0.25, -0.2) is 4.57 Å². The fourth-order valence-corrected chi connectivity index (χ4v) is 4.12. The molecule has 162 valence electrons. The van der Waals surface area contributed by atoms with E-state index in [0.717, 1.165) is 0 Å². The average Bonchev–Trinajstić information content (AvgIpc) is 2.70.